The summed E-state index contributed by atoms with van der Waals surface area (Å²) in [5.41, 5.74) is 4.40. The van der Waals surface area contributed by atoms with Crippen LogP contribution in [0.5, 0.6) is 11.5 Å². The number of phenolic OH excluding ortho intramolecular Hbond substituents is 1. The number of aromatic nitrogens is 2. The third-order valence-electron chi connectivity index (χ3n) is 4.50. The number of benzene rings is 2. The molecule has 0 aliphatic carbocycles. The van der Waals surface area contributed by atoms with Crippen molar-refractivity contribution < 1.29 is 19.6 Å². The van der Waals surface area contributed by atoms with Crippen molar-refractivity contribution in [3.05, 3.63) is 77.8 Å². The first-order chi connectivity index (χ1) is 15.2. The summed E-state index contributed by atoms with van der Waals surface area (Å²) < 4.78 is 7.85. The molecule has 0 aliphatic heterocycles. The highest BCUT2D eigenvalue weighted by Crippen LogP contribution is 2.29. The van der Waals surface area contributed by atoms with Gasteiger partial charge in [-0.3, -0.25) is 4.79 Å². The van der Waals surface area contributed by atoms with Crippen LogP contribution in [-0.4, -0.2) is 39.0 Å². The van der Waals surface area contributed by atoms with Gasteiger partial charge in [-0.05, 0) is 69.7 Å². The third kappa shape index (κ3) is 5.14. The van der Waals surface area contributed by atoms with E-state index in [1.165, 1.54) is 30.1 Å². The number of carbonyl (C=O) groups excluding carboxylic acids is 1. The number of methoxy groups -OCH3 is 1. The van der Waals surface area contributed by atoms with Gasteiger partial charge < -0.3 is 20.0 Å². The number of ether oxygens (including phenoxy) is 1. The SMILES string of the molecule is COc1ccc(/C=N/NC(=O)c2cc(Br)ccc2O)cc1Cn1nc([N+](=O)[O-])c(Br)c1C. The fourth-order valence-electron chi connectivity index (χ4n) is 2.86. The van der Waals surface area contributed by atoms with Crippen LogP contribution in [0.15, 0.2) is 50.4 Å². The lowest BCUT2D eigenvalue weighted by atomic mass is 10.1. The Balaban J connectivity index is 1.80. The van der Waals surface area contributed by atoms with Crippen LogP contribution in [0.4, 0.5) is 5.82 Å². The molecule has 2 aromatic carbocycles. The topological polar surface area (TPSA) is 132 Å². The van der Waals surface area contributed by atoms with Gasteiger partial charge in [-0.2, -0.15) is 9.78 Å². The number of rotatable bonds is 7. The molecule has 0 aliphatic rings. The Morgan fingerprint density at radius 1 is 1.34 bits per heavy atom. The van der Waals surface area contributed by atoms with Gasteiger partial charge in [0.05, 0.1) is 36.2 Å². The summed E-state index contributed by atoms with van der Waals surface area (Å²) in [6.45, 7) is 1.94. The van der Waals surface area contributed by atoms with E-state index in [1.807, 2.05) is 0 Å². The molecule has 3 rings (SSSR count). The van der Waals surface area contributed by atoms with Gasteiger partial charge in [0.15, 0.2) is 0 Å². The lowest BCUT2D eigenvalue weighted by Crippen LogP contribution is -2.17. The van der Waals surface area contributed by atoms with E-state index in [0.29, 0.717) is 31.5 Å². The second-order valence-electron chi connectivity index (χ2n) is 6.57. The average molecular weight is 567 g/mol. The molecule has 32 heavy (non-hydrogen) atoms. The van der Waals surface area contributed by atoms with Crippen molar-refractivity contribution in [1.82, 2.24) is 15.2 Å². The molecule has 0 spiro atoms. The number of aromatic hydroxyl groups is 1. The fraction of sp³-hybridized carbons (Fsp3) is 0.150. The minimum absolute atomic E-state index is 0.0771. The number of hydrazone groups is 1. The van der Waals surface area contributed by atoms with Crippen LogP contribution >= 0.6 is 31.9 Å². The zero-order valence-electron chi connectivity index (χ0n) is 16.9. The van der Waals surface area contributed by atoms with Gasteiger partial charge in [-0.15, -0.1) is 0 Å². The molecule has 1 amide bonds. The van der Waals surface area contributed by atoms with Crippen molar-refractivity contribution in [2.75, 3.05) is 7.11 Å². The second kappa shape index (κ2) is 9.92. The molecule has 0 radical (unpaired) electrons. The van der Waals surface area contributed by atoms with E-state index in [-0.39, 0.29) is 23.7 Å². The number of hydrogen-bond donors (Lipinski definition) is 2. The van der Waals surface area contributed by atoms with E-state index in [0.717, 1.165) is 0 Å². The molecule has 1 heterocycles. The van der Waals surface area contributed by atoms with E-state index in [4.69, 9.17) is 4.74 Å². The maximum absolute atomic E-state index is 12.2. The maximum Gasteiger partial charge on any atom is 0.404 e. The van der Waals surface area contributed by atoms with Crippen LogP contribution in [-0.2, 0) is 6.54 Å². The standard InChI is InChI=1S/C20H17Br2N5O5/c1-11-18(22)19(27(30)31)25-26(11)10-13-7-12(3-6-17(13)32-2)9-23-24-20(29)15-8-14(21)4-5-16(15)28/h3-9,28H,10H2,1-2H3,(H,24,29)/b23-9+. The molecule has 10 nitrogen and oxygen atoms in total. The first kappa shape index (κ1) is 23.4. The van der Waals surface area contributed by atoms with Gasteiger partial charge in [0.1, 0.15) is 16.0 Å². The molecule has 0 saturated heterocycles. The molecule has 3 aromatic rings. The predicted octanol–water partition coefficient (Wildman–Crippen LogP) is 4.15. The van der Waals surface area contributed by atoms with Crippen molar-refractivity contribution in [3.63, 3.8) is 0 Å². The van der Waals surface area contributed by atoms with Crippen molar-refractivity contribution in [3.8, 4) is 11.5 Å². The van der Waals surface area contributed by atoms with Gasteiger partial charge in [0.2, 0.25) is 0 Å². The Hall–Kier alpha value is -3.25. The number of halogens is 2. The Labute approximate surface area is 199 Å². The zero-order chi connectivity index (χ0) is 23.4. The van der Waals surface area contributed by atoms with Gasteiger partial charge in [0, 0.05) is 10.0 Å². The van der Waals surface area contributed by atoms with Crippen LogP contribution in [0.25, 0.3) is 0 Å². The number of nitrogens with one attached hydrogen (secondary N) is 1. The van der Waals surface area contributed by atoms with Crippen LogP contribution < -0.4 is 10.2 Å². The lowest BCUT2D eigenvalue weighted by Gasteiger charge is -2.09. The number of carbonyl (C=O) groups is 1. The summed E-state index contributed by atoms with van der Waals surface area (Å²) >= 11 is 6.45. The van der Waals surface area contributed by atoms with E-state index >= 15 is 0 Å². The number of phenols is 1. The molecule has 12 heteroatoms. The lowest BCUT2D eigenvalue weighted by molar-refractivity contribution is -0.390. The third-order valence-corrected chi connectivity index (χ3v) is 5.92. The summed E-state index contributed by atoms with van der Waals surface area (Å²) in [4.78, 5) is 22.8. The predicted molar refractivity (Wildman–Crippen MR) is 124 cm³/mol. The van der Waals surface area contributed by atoms with E-state index in [1.54, 1.807) is 31.2 Å². The minimum atomic E-state index is -0.571. The van der Waals surface area contributed by atoms with Gasteiger partial charge in [-0.1, -0.05) is 15.9 Å². The van der Waals surface area contributed by atoms with E-state index in [9.17, 15) is 20.0 Å². The van der Waals surface area contributed by atoms with Gasteiger partial charge >= 0.3 is 5.82 Å². The van der Waals surface area contributed by atoms with E-state index in [2.05, 4.69) is 47.5 Å². The summed E-state index contributed by atoms with van der Waals surface area (Å²) in [5, 5.41) is 29.0. The smallest absolute Gasteiger partial charge is 0.404 e. The van der Waals surface area contributed by atoms with Gasteiger partial charge in [-0.25, -0.2) is 5.43 Å². The molecule has 2 N–H and O–H groups in total. The Morgan fingerprint density at radius 3 is 2.75 bits per heavy atom. The first-order valence-electron chi connectivity index (χ1n) is 9.07. The number of hydrogen-bond acceptors (Lipinski definition) is 7. The van der Waals surface area contributed by atoms with Crippen LogP contribution in [0, 0.1) is 17.0 Å². The molecule has 166 valence electrons. The van der Waals surface area contributed by atoms with Crippen molar-refractivity contribution in [1.29, 1.82) is 0 Å². The molecule has 0 bridgehead atoms. The second-order valence-corrected chi connectivity index (χ2v) is 8.28. The monoisotopic (exact) mass is 565 g/mol. The Bertz CT molecular complexity index is 1230. The van der Waals surface area contributed by atoms with Crippen molar-refractivity contribution in [2.24, 2.45) is 5.10 Å². The fourth-order valence-corrected chi connectivity index (χ4v) is 3.65. The first-order valence-corrected chi connectivity index (χ1v) is 10.7. The Morgan fingerprint density at radius 2 is 2.09 bits per heavy atom. The quantitative estimate of drug-likeness (QED) is 0.251. The Kier molecular flexibility index (Phi) is 7.26. The summed E-state index contributed by atoms with van der Waals surface area (Å²) in [6, 6.07) is 9.73. The summed E-state index contributed by atoms with van der Waals surface area (Å²) in [7, 11) is 1.52. The number of nitro groups is 1. The summed E-state index contributed by atoms with van der Waals surface area (Å²) in [5.74, 6) is -0.433. The van der Waals surface area contributed by atoms with Crippen LogP contribution in [0.2, 0.25) is 0 Å². The molecule has 1 aromatic heterocycles. The molecule has 0 fully saturated rings. The molecule has 0 atom stereocenters. The minimum Gasteiger partial charge on any atom is -0.507 e. The average Bonchev–Trinajstić information content (AvgIpc) is 3.04. The molecule has 0 unspecified atom stereocenters. The largest absolute Gasteiger partial charge is 0.507 e. The van der Waals surface area contributed by atoms with Crippen molar-refractivity contribution >= 4 is 49.8 Å². The molecular weight excluding hydrogens is 550 g/mol. The molecular formula is C20H17Br2N5O5. The number of amides is 1. The normalized spacial score (nSPS) is 11.0. The van der Waals surface area contributed by atoms with Crippen LogP contribution in [0.3, 0.4) is 0 Å². The highest BCUT2D eigenvalue weighted by atomic mass is 79.9. The maximum atomic E-state index is 12.2. The van der Waals surface area contributed by atoms with Gasteiger partial charge in [0.25, 0.3) is 5.91 Å². The highest BCUT2D eigenvalue weighted by molar-refractivity contribution is 9.10. The highest BCUT2D eigenvalue weighted by Gasteiger charge is 2.24. The summed E-state index contributed by atoms with van der Waals surface area (Å²) in [6.07, 6.45) is 1.43. The van der Waals surface area contributed by atoms with Crippen molar-refractivity contribution in [2.45, 2.75) is 13.5 Å². The van der Waals surface area contributed by atoms with Crippen LogP contribution in [0.1, 0.15) is 27.2 Å². The molecule has 0 saturated carbocycles. The zero-order valence-corrected chi connectivity index (χ0v) is 20.0. The number of nitrogens with zero attached hydrogens (tertiary/aromatic N) is 4. The van der Waals surface area contributed by atoms with E-state index < -0.39 is 10.8 Å².